The van der Waals surface area contributed by atoms with Crippen LogP contribution >= 0.6 is 0 Å². The fourth-order valence-corrected chi connectivity index (χ4v) is 1.78. The summed E-state index contributed by atoms with van der Waals surface area (Å²) < 4.78 is 0. The highest BCUT2D eigenvalue weighted by Gasteiger charge is 2.14. The number of hydrogen-bond donors (Lipinski definition) is 0. The fourth-order valence-electron chi connectivity index (χ4n) is 1.78. The van der Waals surface area contributed by atoms with Crippen LogP contribution in [0.25, 0.3) is 16.1 Å². The summed E-state index contributed by atoms with van der Waals surface area (Å²) in [5.41, 5.74) is 3.70. The third kappa shape index (κ3) is 2.41. The van der Waals surface area contributed by atoms with Crippen LogP contribution in [0.3, 0.4) is 0 Å². The summed E-state index contributed by atoms with van der Waals surface area (Å²) in [5.74, 6) is 0. The number of nitrogens with zero attached hydrogens (tertiary/aromatic N) is 2. The number of pyridine rings is 1. The molecular formula is C16H16N2. The topological polar surface area (TPSA) is 17.2 Å². The minimum absolute atomic E-state index is 0.102. The quantitative estimate of drug-likeness (QED) is 0.661. The van der Waals surface area contributed by atoms with E-state index >= 15 is 0 Å². The molecule has 0 bridgehead atoms. The molecule has 2 rings (SSSR count). The molecule has 0 amide bonds. The maximum Gasteiger partial charge on any atom is 0.196 e. The number of para-hydroxylation sites is 1. The molecule has 2 nitrogen and oxygen atoms in total. The van der Waals surface area contributed by atoms with Crippen LogP contribution in [0.15, 0.2) is 42.6 Å². The molecule has 0 unspecified atom stereocenters. The summed E-state index contributed by atoms with van der Waals surface area (Å²) in [4.78, 5) is 8.01. The van der Waals surface area contributed by atoms with Crippen LogP contribution in [0.5, 0.6) is 0 Å². The fraction of sp³-hybridized carbons (Fsp3) is 0.250. The molecule has 0 aliphatic rings. The minimum Gasteiger partial charge on any atom is -0.257 e. The molecule has 2 aromatic rings. The van der Waals surface area contributed by atoms with E-state index in [-0.39, 0.29) is 5.41 Å². The Kier molecular flexibility index (Phi) is 3.16. The molecule has 2 heteroatoms. The lowest BCUT2D eigenvalue weighted by Gasteiger charge is -2.18. The lowest BCUT2D eigenvalue weighted by Crippen LogP contribution is -2.11. The van der Waals surface area contributed by atoms with Crippen LogP contribution in [0.2, 0.25) is 0 Å². The van der Waals surface area contributed by atoms with E-state index < -0.39 is 0 Å². The first kappa shape index (κ1) is 12.3. The van der Waals surface area contributed by atoms with Gasteiger partial charge in [-0.1, -0.05) is 51.1 Å². The van der Waals surface area contributed by atoms with Crippen molar-refractivity contribution < 1.29 is 0 Å². The average molecular weight is 236 g/mol. The Balaban J connectivity index is 2.45. The number of aromatic nitrogens is 1. The van der Waals surface area contributed by atoms with Crippen molar-refractivity contribution in [3.8, 4) is 11.3 Å². The van der Waals surface area contributed by atoms with Gasteiger partial charge in [-0.25, -0.2) is 4.85 Å². The second-order valence-corrected chi connectivity index (χ2v) is 5.31. The van der Waals surface area contributed by atoms with Crippen LogP contribution in [0, 0.1) is 6.57 Å². The predicted octanol–water partition coefficient (Wildman–Crippen LogP) is 4.60. The number of benzene rings is 1. The Morgan fingerprint density at radius 3 is 2.33 bits per heavy atom. The van der Waals surface area contributed by atoms with Crippen molar-refractivity contribution in [2.24, 2.45) is 0 Å². The van der Waals surface area contributed by atoms with E-state index in [9.17, 15) is 0 Å². The smallest absolute Gasteiger partial charge is 0.196 e. The van der Waals surface area contributed by atoms with E-state index in [2.05, 4.69) is 36.7 Å². The maximum atomic E-state index is 7.17. The SMILES string of the molecule is [C-]#[N+]c1ccccc1-c1ccc(C(C)(C)C)cn1. The molecular weight excluding hydrogens is 220 g/mol. The first-order valence-electron chi connectivity index (χ1n) is 5.96. The van der Waals surface area contributed by atoms with E-state index in [0.717, 1.165) is 11.3 Å². The van der Waals surface area contributed by atoms with Crippen molar-refractivity contribution in [3.05, 3.63) is 59.6 Å². The van der Waals surface area contributed by atoms with E-state index in [0.29, 0.717) is 5.69 Å². The van der Waals surface area contributed by atoms with Crippen molar-refractivity contribution in [3.63, 3.8) is 0 Å². The lowest BCUT2D eigenvalue weighted by atomic mass is 9.88. The monoisotopic (exact) mass is 236 g/mol. The van der Waals surface area contributed by atoms with Gasteiger partial charge >= 0.3 is 0 Å². The first-order chi connectivity index (χ1) is 8.52. The Morgan fingerprint density at radius 2 is 1.78 bits per heavy atom. The molecule has 0 saturated carbocycles. The zero-order valence-corrected chi connectivity index (χ0v) is 10.9. The zero-order chi connectivity index (χ0) is 13.2. The van der Waals surface area contributed by atoms with E-state index in [1.54, 1.807) is 0 Å². The van der Waals surface area contributed by atoms with Crippen LogP contribution in [0.1, 0.15) is 26.3 Å². The molecule has 90 valence electrons. The summed E-state index contributed by atoms with van der Waals surface area (Å²) >= 11 is 0. The molecule has 0 spiro atoms. The van der Waals surface area contributed by atoms with Crippen molar-refractivity contribution in [1.29, 1.82) is 0 Å². The lowest BCUT2D eigenvalue weighted by molar-refractivity contribution is 0.587. The summed E-state index contributed by atoms with van der Waals surface area (Å²) in [6.07, 6.45) is 1.90. The molecule has 0 saturated heterocycles. The van der Waals surface area contributed by atoms with Gasteiger partial charge < -0.3 is 0 Å². The molecule has 18 heavy (non-hydrogen) atoms. The summed E-state index contributed by atoms with van der Waals surface area (Å²) in [6, 6.07) is 11.6. The highest BCUT2D eigenvalue weighted by Crippen LogP contribution is 2.30. The standard InChI is InChI=1S/C16H16N2/c1-16(2,3)12-9-10-15(18-11-12)13-7-5-6-8-14(13)17-4/h5-11H,1-3H3. The molecule has 0 aliphatic heterocycles. The van der Waals surface area contributed by atoms with Gasteiger partial charge in [0.25, 0.3) is 0 Å². The second kappa shape index (κ2) is 4.62. The minimum atomic E-state index is 0.102. The molecule has 1 aromatic carbocycles. The summed E-state index contributed by atoms with van der Waals surface area (Å²) in [7, 11) is 0. The molecule has 0 radical (unpaired) electrons. The molecule has 0 fully saturated rings. The molecule has 0 atom stereocenters. The van der Waals surface area contributed by atoms with Gasteiger partial charge in [-0.05, 0) is 17.0 Å². The van der Waals surface area contributed by atoms with Gasteiger partial charge in [0, 0.05) is 11.8 Å². The van der Waals surface area contributed by atoms with Crippen molar-refractivity contribution in [2.45, 2.75) is 26.2 Å². The van der Waals surface area contributed by atoms with E-state index in [1.165, 1.54) is 5.56 Å². The Bertz CT molecular complexity index is 584. The van der Waals surface area contributed by atoms with Gasteiger partial charge in [0.15, 0.2) is 5.69 Å². The second-order valence-electron chi connectivity index (χ2n) is 5.31. The predicted molar refractivity (Wildman–Crippen MR) is 74.6 cm³/mol. The maximum absolute atomic E-state index is 7.17. The van der Waals surface area contributed by atoms with E-state index in [4.69, 9.17) is 6.57 Å². The van der Waals surface area contributed by atoms with E-state index in [1.807, 2.05) is 36.5 Å². The van der Waals surface area contributed by atoms with Crippen LogP contribution in [-0.4, -0.2) is 4.98 Å². The van der Waals surface area contributed by atoms with Gasteiger partial charge in [-0.3, -0.25) is 4.98 Å². The summed E-state index contributed by atoms with van der Waals surface area (Å²) in [6.45, 7) is 13.7. The van der Waals surface area contributed by atoms with Gasteiger partial charge in [0.2, 0.25) is 0 Å². The third-order valence-electron chi connectivity index (χ3n) is 2.93. The van der Waals surface area contributed by atoms with Crippen LogP contribution < -0.4 is 0 Å². The largest absolute Gasteiger partial charge is 0.257 e. The average Bonchev–Trinajstić information content (AvgIpc) is 2.38. The van der Waals surface area contributed by atoms with Crippen molar-refractivity contribution in [1.82, 2.24) is 4.98 Å². The molecule has 1 heterocycles. The van der Waals surface area contributed by atoms with Gasteiger partial charge in [-0.15, -0.1) is 0 Å². The van der Waals surface area contributed by atoms with Crippen molar-refractivity contribution >= 4 is 5.69 Å². The number of rotatable bonds is 1. The third-order valence-corrected chi connectivity index (χ3v) is 2.93. The Morgan fingerprint density at radius 1 is 1.06 bits per heavy atom. The highest BCUT2D eigenvalue weighted by molar-refractivity contribution is 5.75. The zero-order valence-electron chi connectivity index (χ0n) is 10.9. The number of hydrogen-bond acceptors (Lipinski definition) is 1. The van der Waals surface area contributed by atoms with Gasteiger partial charge in [0.05, 0.1) is 12.3 Å². The normalized spacial score (nSPS) is 11.0. The van der Waals surface area contributed by atoms with Crippen molar-refractivity contribution in [2.75, 3.05) is 0 Å². The molecule has 1 aromatic heterocycles. The Hall–Kier alpha value is -2.14. The van der Waals surface area contributed by atoms with Gasteiger partial charge in [-0.2, -0.15) is 0 Å². The molecule has 0 aliphatic carbocycles. The van der Waals surface area contributed by atoms with Gasteiger partial charge in [0.1, 0.15) is 0 Å². The van der Waals surface area contributed by atoms with Crippen LogP contribution in [0.4, 0.5) is 5.69 Å². The molecule has 0 N–H and O–H groups in total. The van der Waals surface area contributed by atoms with Crippen LogP contribution in [-0.2, 0) is 5.41 Å². The Labute approximate surface area is 108 Å². The first-order valence-corrected chi connectivity index (χ1v) is 5.96. The highest BCUT2D eigenvalue weighted by atomic mass is 14.7. The summed E-state index contributed by atoms with van der Waals surface area (Å²) in [5, 5.41) is 0.